The van der Waals surface area contributed by atoms with Crippen molar-refractivity contribution in [3.63, 3.8) is 0 Å². The molecule has 3 aromatic rings. The number of halogens is 1. The number of amides is 1. The summed E-state index contributed by atoms with van der Waals surface area (Å²) in [5.41, 5.74) is 1.25. The Morgan fingerprint density at radius 3 is 2.87 bits per heavy atom. The highest BCUT2D eigenvalue weighted by Gasteiger charge is 2.22. The summed E-state index contributed by atoms with van der Waals surface area (Å²) < 4.78 is 24.9. The zero-order valence-corrected chi connectivity index (χ0v) is 19.4. The Kier molecular flexibility index (Phi) is 5.69. The molecule has 0 aliphatic heterocycles. The molecule has 2 heterocycles. The molecule has 158 valence electrons. The van der Waals surface area contributed by atoms with Crippen molar-refractivity contribution >= 4 is 66.3 Å². The highest BCUT2D eigenvalue weighted by atomic mass is 35.5. The normalized spacial score (nSPS) is 13.6. The third-order valence-electron chi connectivity index (χ3n) is 4.88. The largest absolute Gasteiger partial charge is 0.324 e. The van der Waals surface area contributed by atoms with E-state index < -0.39 is 9.84 Å². The first-order valence-corrected chi connectivity index (χ1v) is 13.2. The monoisotopic (exact) mass is 483 g/mol. The van der Waals surface area contributed by atoms with Crippen LogP contribution in [0.3, 0.4) is 0 Å². The van der Waals surface area contributed by atoms with Gasteiger partial charge in [0.05, 0.1) is 26.7 Å². The van der Waals surface area contributed by atoms with Gasteiger partial charge in [0.25, 0.3) is 5.56 Å². The minimum absolute atomic E-state index is 0.00366. The van der Waals surface area contributed by atoms with Crippen molar-refractivity contribution in [2.45, 2.75) is 29.3 Å². The summed E-state index contributed by atoms with van der Waals surface area (Å²) in [7, 11) is -1.77. The summed E-state index contributed by atoms with van der Waals surface area (Å²) in [6.07, 6.45) is 4.05. The number of aryl methyl sites for hydroxylation is 2. The number of benzene rings is 1. The Balaban J connectivity index is 1.53. The second-order valence-corrected chi connectivity index (χ2v) is 11.5. The van der Waals surface area contributed by atoms with Crippen LogP contribution in [0.15, 0.2) is 33.0 Å². The van der Waals surface area contributed by atoms with Crippen LogP contribution in [0.25, 0.3) is 10.2 Å². The first-order valence-electron chi connectivity index (χ1n) is 9.08. The molecule has 2 aromatic heterocycles. The predicted octanol–water partition coefficient (Wildman–Crippen LogP) is 3.27. The lowest BCUT2D eigenvalue weighted by Crippen LogP contribution is -2.21. The smallest absolute Gasteiger partial charge is 0.262 e. The van der Waals surface area contributed by atoms with Crippen LogP contribution in [0.5, 0.6) is 0 Å². The number of sulfone groups is 1. The molecule has 7 nitrogen and oxygen atoms in total. The third kappa shape index (κ3) is 4.01. The molecule has 0 spiro atoms. The van der Waals surface area contributed by atoms with E-state index in [1.165, 1.54) is 27.6 Å². The molecular weight excluding hydrogens is 466 g/mol. The van der Waals surface area contributed by atoms with E-state index in [4.69, 9.17) is 11.6 Å². The van der Waals surface area contributed by atoms with Crippen LogP contribution in [0.1, 0.15) is 16.9 Å². The number of carbonyl (C=O) groups is 1. The molecule has 4 rings (SSSR count). The van der Waals surface area contributed by atoms with Crippen molar-refractivity contribution in [2.75, 3.05) is 17.3 Å². The van der Waals surface area contributed by atoms with Crippen LogP contribution in [-0.2, 0) is 34.5 Å². The molecule has 0 fully saturated rings. The molecule has 1 aromatic carbocycles. The van der Waals surface area contributed by atoms with Crippen molar-refractivity contribution in [3.8, 4) is 0 Å². The topological polar surface area (TPSA) is 98.1 Å². The van der Waals surface area contributed by atoms with E-state index in [0.717, 1.165) is 47.7 Å². The van der Waals surface area contributed by atoms with Crippen molar-refractivity contribution in [2.24, 2.45) is 7.05 Å². The number of anilines is 1. The van der Waals surface area contributed by atoms with Crippen molar-refractivity contribution in [3.05, 3.63) is 44.0 Å². The number of rotatable bonds is 5. The summed E-state index contributed by atoms with van der Waals surface area (Å²) in [6, 6.07) is 4.14. The SMILES string of the molecule is Cn1c(SCC(=O)Nc2cc(S(C)(=O)=O)ccc2Cl)nc2sc3c(c2c1=O)CCC3. The number of nitrogens with zero attached hydrogens (tertiary/aromatic N) is 2. The Morgan fingerprint density at radius 1 is 1.37 bits per heavy atom. The van der Waals surface area contributed by atoms with Gasteiger partial charge in [-0.05, 0) is 43.0 Å². The zero-order valence-electron chi connectivity index (χ0n) is 16.2. The first kappa shape index (κ1) is 21.4. The Hall–Kier alpha value is -1.88. The molecule has 0 saturated carbocycles. The summed E-state index contributed by atoms with van der Waals surface area (Å²) in [5, 5.41) is 4.02. The van der Waals surface area contributed by atoms with E-state index in [9.17, 15) is 18.0 Å². The van der Waals surface area contributed by atoms with Crippen molar-refractivity contribution < 1.29 is 13.2 Å². The number of thiophene rings is 1. The number of thioether (sulfide) groups is 1. The lowest BCUT2D eigenvalue weighted by molar-refractivity contribution is -0.113. The summed E-state index contributed by atoms with van der Waals surface area (Å²) in [6.45, 7) is 0. The van der Waals surface area contributed by atoms with E-state index in [0.29, 0.717) is 10.5 Å². The molecule has 11 heteroatoms. The lowest BCUT2D eigenvalue weighted by Gasteiger charge is -2.10. The molecule has 1 aliphatic rings. The Labute approximate surface area is 186 Å². The molecule has 1 amide bonds. The molecule has 1 aliphatic carbocycles. The first-order chi connectivity index (χ1) is 14.1. The number of aromatic nitrogens is 2. The number of nitrogens with one attached hydrogen (secondary N) is 1. The second-order valence-electron chi connectivity index (χ2n) is 7.05. The Morgan fingerprint density at radius 2 is 2.13 bits per heavy atom. The van der Waals surface area contributed by atoms with Crippen LogP contribution in [0.4, 0.5) is 5.69 Å². The van der Waals surface area contributed by atoms with Crippen LogP contribution in [0.2, 0.25) is 5.02 Å². The summed E-state index contributed by atoms with van der Waals surface area (Å²) in [4.78, 5) is 31.9. The van der Waals surface area contributed by atoms with Crippen molar-refractivity contribution in [1.82, 2.24) is 9.55 Å². The van der Waals surface area contributed by atoms with E-state index in [1.807, 2.05) is 0 Å². The summed E-state index contributed by atoms with van der Waals surface area (Å²) in [5.74, 6) is -0.383. The maximum absolute atomic E-state index is 12.8. The van der Waals surface area contributed by atoms with Gasteiger partial charge in [-0.15, -0.1) is 11.3 Å². The van der Waals surface area contributed by atoms with Crippen molar-refractivity contribution in [1.29, 1.82) is 0 Å². The van der Waals surface area contributed by atoms with Gasteiger partial charge in [-0.3, -0.25) is 14.2 Å². The molecule has 0 bridgehead atoms. The molecule has 0 radical (unpaired) electrons. The second kappa shape index (κ2) is 7.99. The average Bonchev–Trinajstić information content (AvgIpc) is 3.25. The highest BCUT2D eigenvalue weighted by molar-refractivity contribution is 7.99. The van der Waals surface area contributed by atoms with Gasteiger partial charge in [0, 0.05) is 18.2 Å². The zero-order chi connectivity index (χ0) is 21.6. The van der Waals surface area contributed by atoms with Gasteiger partial charge in [-0.1, -0.05) is 23.4 Å². The minimum atomic E-state index is -3.43. The number of hydrogen-bond donors (Lipinski definition) is 1. The number of carbonyl (C=O) groups excluding carboxylic acids is 1. The van der Waals surface area contributed by atoms with Crippen LogP contribution >= 0.6 is 34.7 Å². The predicted molar refractivity (Wildman–Crippen MR) is 121 cm³/mol. The van der Waals surface area contributed by atoms with E-state index in [2.05, 4.69) is 10.3 Å². The van der Waals surface area contributed by atoms with E-state index in [-0.39, 0.29) is 32.8 Å². The number of fused-ring (bicyclic) bond motifs is 3. The summed E-state index contributed by atoms with van der Waals surface area (Å²) >= 11 is 8.78. The molecule has 0 saturated heterocycles. The maximum Gasteiger partial charge on any atom is 0.262 e. The van der Waals surface area contributed by atoms with Gasteiger partial charge in [-0.25, -0.2) is 13.4 Å². The molecular formula is C19H18ClN3O4S3. The van der Waals surface area contributed by atoms with E-state index >= 15 is 0 Å². The fourth-order valence-electron chi connectivity index (χ4n) is 3.38. The standard InChI is InChI=1S/C19H18ClN3O4S3/c1-23-18(25)16-11-4-3-5-14(11)29-17(16)22-19(23)28-9-15(24)21-13-8-10(30(2,26)27)6-7-12(13)20/h6-8H,3-5,9H2,1-2H3,(H,21,24). The molecule has 1 N–H and O–H groups in total. The van der Waals surface area contributed by atoms with Crippen LogP contribution < -0.4 is 10.9 Å². The van der Waals surface area contributed by atoms with Crippen LogP contribution in [-0.4, -0.2) is 35.9 Å². The van der Waals surface area contributed by atoms with Gasteiger partial charge >= 0.3 is 0 Å². The van der Waals surface area contributed by atoms with Crippen LogP contribution in [0, 0.1) is 0 Å². The molecule has 30 heavy (non-hydrogen) atoms. The Bertz CT molecular complexity index is 1350. The van der Waals surface area contributed by atoms with Gasteiger partial charge in [0.1, 0.15) is 4.83 Å². The maximum atomic E-state index is 12.8. The van der Waals surface area contributed by atoms with E-state index in [1.54, 1.807) is 18.4 Å². The third-order valence-corrected chi connectivity index (χ3v) is 8.53. The lowest BCUT2D eigenvalue weighted by atomic mass is 10.2. The van der Waals surface area contributed by atoms with Gasteiger partial charge < -0.3 is 5.32 Å². The average molecular weight is 484 g/mol. The fourth-order valence-corrected chi connectivity index (χ4v) is 6.27. The quantitative estimate of drug-likeness (QED) is 0.441. The van der Waals surface area contributed by atoms with Gasteiger partial charge in [0.2, 0.25) is 5.91 Å². The highest BCUT2D eigenvalue weighted by Crippen LogP contribution is 2.35. The number of hydrogen-bond acceptors (Lipinski definition) is 7. The molecule has 0 atom stereocenters. The van der Waals surface area contributed by atoms with Gasteiger partial charge in [0.15, 0.2) is 15.0 Å². The fraction of sp³-hybridized carbons (Fsp3) is 0.316. The minimum Gasteiger partial charge on any atom is -0.324 e. The molecule has 0 unspecified atom stereocenters. The van der Waals surface area contributed by atoms with Gasteiger partial charge in [-0.2, -0.15) is 0 Å².